The largest absolute Gasteiger partial charge is 0.309 e. The van der Waals surface area contributed by atoms with Gasteiger partial charge in [0.2, 0.25) is 0 Å². The first-order valence-electron chi connectivity index (χ1n) is 6.91. The van der Waals surface area contributed by atoms with E-state index in [0.717, 1.165) is 29.7 Å². The Labute approximate surface area is 106 Å². The first-order valence-corrected chi connectivity index (χ1v) is 6.91. The number of hydrogen-bond acceptors (Lipinski definition) is 1. The second-order valence-electron chi connectivity index (χ2n) is 6.17. The molecule has 0 aromatic heterocycles. The predicted molar refractivity (Wildman–Crippen MR) is 64.8 cm³/mol. The highest BCUT2D eigenvalue weighted by Gasteiger charge is 2.64. The van der Waals surface area contributed by atoms with Gasteiger partial charge in [0.1, 0.15) is 11.6 Å². The van der Waals surface area contributed by atoms with Gasteiger partial charge in [-0.25, -0.2) is 8.78 Å². The number of hydrogen-bond donors (Lipinski definition) is 1. The molecule has 3 aliphatic carbocycles. The average Bonchev–Trinajstić information content (AvgIpc) is 2.71. The van der Waals surface area contributed by atoms with Crippen LogP contribution in [-0.4, -0.2) is 6.04 Å². The summed E-state index contributed by atoms with van der Waals surface area (Å²) < 4.78 is 26.1. The van der Waals surface area contributed by atoms with E-state index < -0.39 is 11.6 Å². The smallest absolute Gasteiger partial charge is 0.126 e. The van der Waals surface area contributed by atoms with Gasteiger partial charge in [0.05, 0.1) is 0 Å². The molecule has 0 saturated heterocycles. The highest BCUT2D eigenvalue weighted by atomic mass is 19.1. The maximum Gasteiger partial charge on any atom is 0.126 e. The van der Waals surface area contributed by atoms with E-state index in [2.05, 4.69) is 5.32 Å². The summed E-state index contributed by atoms with van der Waals surface area (Å²) in [4.78, 5) is 0. The van der Waals surface area contributed by atoms with Gasteiger partial charge in [0.15, 0.2) is 0 Å². The lowest BCUT2D eigenvalue weighted by molar-refractivity contribution is 0.456. The lowest BCUT2D eigenvalue weighted by atomic mass is 10.0. The van der Waals surface area contributed by atoms with E-state index in [1.165, 1.54) is 31.4 Å². The summed E-state index contributed by atoms with van der Waals surface area (Å²) in [5.74, 6) is 2.62. The molecule has 18 heavy (non-hydrogen) atoms. The van der Waals surface area contributed by atoms with Gasteiger partial charge in [-0.05, 0) is 60.6 Å². The van der Waals surface area contributed by atoms with Crippen LogP contribution in [0, 0.1) is 35.3 Å². The van der Waals surface area contributed by atoms with E-state index in [9.17, 15) is 8.78 Å². The van der Waals surface area contributed by atoms with E-state index in [4.69, 9.17) is 0 Å². The van der Waals surface area contributed by atoms with Crippen molar-refractivity contribution in [3.8, 4) is 0 Å². The molecule has 2 bridgehead atoms. The Bertz CT molecular complexity index is 451. The highest BCUT2D eigenvalue weighted by Crippen LogP contribution is 2.65. The summed E-state index contributed by atoms with van der Waals surface area (Å²) in [7, 11) is 0. The Kier molecular flexibility index (Phi) is 2.28. The molecule has 0 radical (unpaired) electrons. The molecule has 3 fully saturated rings. The molecule has 1 aromatic rings. The summed E-state index contributed by atoms with van der Waals surface area (Å²) in [6, 6.07) is 4.38. The van der Waals surface area contributed by atoms with Gasteiger partial charge in [0, 0.05) is 18.7 Å². The summed E-state index contributed by atoms with van der Waals surface area (Å²) >= 11 is 0. The molecule has 4 rings (SSSR count). The molecule has 0 heterocycles. The molecule has 3 saturated carbocycles. The summed E-state index contributed by atoms with van der Waals surface area (Å²) in [5.41, 5.74) is 0.713. The summed E-state index contributed by atoms with van der Waals surface area (Å²) in [6.45, 7) is 0.589. The highest BCUT2D eigenvalue weighted by molar-refractivity contribution is 5.20. The monoisotopic (exact) mass is 249 g/mol. The van der Waals surface area contributed by atoms with Crippen LogP contribution in [0.1, 0.15) is 24.8 Å². The lowest BCUT2D eigenvalue weighted by Gasteiger charge is -2.10. The minimum atomic E-state index is -0.483. The van der Waals surface area contributed by atoms with Crippen LogP contribution in [0.5, 0.6) is 0 Å². The van der Waals surface area contributed by atoms with Crippen LogP contribution in [-0.2, 0) is 6.54 Å². The lowest BCUT2D eigenvalue weighted by Crippen LogP contribution is -2.22. The molecule has 1 N–H and O–H groups in total. The van der Waals surface area contributed by atoms with Gasteiger partial charge in [-0.15, -0.1) is 0 Å². The van der Waals surface area contributed by atoms with Crippen LogP contribution in [0.25, 0.3) is 0 Å². The van der Waals surface area contributed by atoms with Crippen molar-refractivity contribution >= 4 is 0 Å². The van der Waals surface area contributed by atoms with Crippen LogP contribution in [0.15, 0.2) is 18.2 Å². The molecule has 1 aromatic carbocycles. The van der Waals surface area contributed by atoms with Crippen LogP contribution < -0.4 is 5.32 Å². The number of fused-ring (bicyclic) bond motifs is 5. The quantitative estimate of drug-likeness (QED) is 0.868. The van der Waals surface area contributed by atoms with Gasteiger partial charge in [-0.3, -0.25) is 0 Å². The van der Waals surface area contributed by atoms with E-state index in [1.807, 2.05) is 0 Å². The Morgan fingerprint density at radius 2 is 1.61 bits per heavy atom. The van der Waals surface area contributed by atoms with Crippen LogP contribution in [0.4, 0.5) is 8.78 Å². The predicted octanol–water partition coefficient (Wildman–Crippen LogP) is 3.10. The van der Waals surface area contributed by atoms with Crippen LogP contribution >= 0.6 is 0 Å². The van der Waals surface area contributed by atoms with Crippen molar-refractivity contribution in [3.05, 3.63) is 35.4 Å². The molecule has 0 spiro atoms. The summed E-state index contributed by atoms with van der Waals surface area (Å²) in [5, 5.41) is 3.50. The zero-order valence-corrected chi connectivity index (χ0v) is 10.2. The SMILES string of the molecule is Fc1cc(F)cc(CNC2C3C4CCC(C4)C23)c1. The molecule has 96 valence electrons. The fourth-order valence-corrected chi connectivity index (χ4v) is 4.55. The first kappa shape index (κ1) is 10.9. The van der Waals surface area contributed by atoms with Gasteiger partial charge in [0.25, 0.3) is 0 Å². The van der Waals surface area contributed by atoms with Gasteiger partial charge in [-0.1, -0.05) is 0 Å². The maximum atomic E-state index is 13.1. The van der Waals surface area contributed by atoms with Crippen molar-refractivity contribution in [1.82, 2.24) is 5.32 Å². The van der Waals surface area contributed by atoms with Gasteiger partial charge in [-0.2, -0.15) is 0 Å². The number of benzene rings is 1. The van der Waals surface area contributed by atoms with Crippen molar-refractivity contribution in [3.63, 3.8) is 0 Å². The van der Waals surface area contributed by atoms with Crippen molar-refractivity contribution in [1.29, 1.82) is 0 Å². The molecule has 0 aliphatic heterocycles. The minimum absolute atomic E-state index is 0.483. The Morgan fingerprint density at radius 1 is 1.00 bits per heavy atom. The molecular formula is C15H17F2N. The summed E-state index contributed by atoms with van der Waals surface area (Å²) in [6.07, 6.45) is 4.24. The van der Waals surface area contributed by atoms with E-state index in [-0.39, 0.29) is 0 Å². The fourth-order valence-electron chi connectivity index (χ4n) is 4.55. The third-order valence-corrected chi connectivity index (χ3v) is 5.20. The van der Waals surface area contributed by atoms with Gasteiger partial charge >= 0.3 is 0 Å². The van der Waals surface area contributed by atoms with E-state index in [1.54, 1.807) is 0 Å². The first-order chi connectivity index (χ1) is 8.72. The Balaban J connectivity index is 1.40. The van der Waals surface area contributed by atoms with Gasteiger partial charge < -0.3 is 5.32 Å². The average molecular weight is 249 g/mol. The van der Waals surface area contributed by atoms with Crippen LogP contribution in [0.3, 0.4) is 0 Å². The van der Waals surface area contributed by atoms with Crippen molar-refractivity contribution in [2.45, 2.75) is 31.8 Å². The molecular weight excluding hydrogens is 232 g/mol. The third kappa shape index (κ3) is 1.60. The number of nitrogens with one attached hydrogen (secondary N) is 1. The zero-order chi connectivity index (χ0) is 12.3. The zero-order valence-electron chi connectivity index (χ0n) is 10.2. The topological polar surface area (TPSA) is 12.0 Å². The van der Waals surface area contributed by atoms with E-state index in [0.29, 0.717) is 18.2 Å². The van der Waals surface area contributed by atoms with E-state index >= 15 is 0 Å². The van der Waals surface area contributed by atoms with Crippen LogP contribution in [0.2, 0.25) is 0 Å². The standard InChI is InChI=1S/C15H17F2N/c16-11-3-8(4-12(17)6-11)7-18-15-13-9-1-2-10(5-9)14(13)15/h3-4,6,9-10,13-15,18H,1-2,5,7H2. The number of halogens is 2. The maximum absolute atomic E-state index is 13.1. The van der Waals surface area contributed by atoms with Crippen molar-refractivity contribution in [2.24, 2.45) is 23.7 Å². The normalized spacial score (nSPS) is 40.0. The molecule has 1 nitrogen and oxygen atoms in total. The molecule has 4 unspecified atom stereocenters. The molecule has 3 heteroatoms. The molecule has 3 aliphatic rings. The molecule has 4 atom stereocenters. The molecule has 0 amide bonds. The van der Waals surface area contributed by atoms with Crippen molar-refractivity contribution in [2.75, 3.05) is 0 Å². The fraction of sp³-hybridized carbons (Fsp3) is 0.600. The second kappa shape index (κ2) is 3.77. The Hall–Kier alpha value is -0.960. The third-order valence-electron chi connectivity index (χ3n) is 5.20. The van der Waals surface area contributed by atoms with Crippen molar-refractivity contribution < 1.29 is 8.78 Å². The number of rotatable bonds is 3. The minimum Gasteiger partial charge on any atom is -0.309 e. The Morgan fingerprint density at radius 3 is 2.22 bits per heavy atom. The second-order valence-corrected chi connectivity index (χ2v) is 6.17.